The Bertz CT molecular complexity index is 428. The molecule has 0 aliphatic rings. The monoisotopic (exact) mass is 229 g/mol. The molecule has 4 nitrogen and oxygen atoms in total. The second kappa shape index (κ2) is 4.63. The minimum absolute atomic E-state index is 0.111. The van der Waals surface area contributed by atoms with Gasteiger partial charge in [0, 0.05) is 6.54 Å². The first-order valence-corrected chi connectivity index (χ1v) is 6.15. The largest absolute Gasteiger partial charge is 0.497 e. The summed E-state index contributed by atoms with van der Waals surface area (Å²) in [4.78, 5) is 0.250. The van der Waals surface area contributed by atoms with Crippen molar-refractivity contribution >= 4 is 9.84 Å². The molecule has 0 fully saturated rings. The molecule has 1 unspecified atom stereocenters. The van der Waals surface area contributed by atoms with E-state index in [1.54, 1.807) is 25.1 Å². The van der Waals surface area contributed by atoms with Crippen LogP contribution >= 0.6 is 0 Å². The van der Waals surface area contributed by atoms with Crippen LogP contribution < -0.4 is 10.5 Å². The van der Waals surface area contributed by atoms with Gasteiger partial charge >= 0.3 is 0 Å². The second-order valence-electron chi connectivity index (χ2n) is 3.27. The molecule has 84 valence electrons. The molecular formula is C10H15NO3S. The SMILES string of the molecule is COc1cccc(S(=O)(=O)C(C)CN)c1. The lowest BCUT2D eigenvalue weighted by atomic mass is 10.3. The van der Waals surface area contributed by atoms with Crippen LogP contribution in [0.1, 0.15) is 6.92 Å². The minimum Gasteiger partial charge on any atom is -0.497 e. The first kappa shape index (κ1) is 12.0. The molecule has 0 aromatic heterocycles. The van der Waals surface area contributed by atoms with Crippen LogP contribution in [0.4, 0.5) is 0 Å². The van der Waals surface area contributed by atoms with Gasteiger partial charge in [-0.05, 0) is 25.1 Å². The number of methoxy groups -OCH3 is 1. The average Bonchev–Trinajstić information content (AvgIpc) is 2.27. The van der Waals surface area contributed by atoms with Crippen molar-refractivity contribution in [2.45, 2.75) is 17.1 Å². The molecule has 0 aliphatic carbocycles. The summed E-state index contributed by atoms with van der Waals surface area (Å²) in [6, 6.07) is 6.40. The maximum atomic E-state index is 11.9. The summed E-state index contributed by atoms with van der Waals surface area (Å²) in [6.45, 7) is 1.70. The maximum Gasteiger partial charge on any atom is 0.182 e. The lowest BCUT2D eigenvalue weighted by Crippen LogP contribution is -2.26. The molecule has 0 saturated heterocycles. The predicted octanol–water partition coefficient (Wildman–Crippen LogP) is 0.816. The zero-order chi connectivity index (χ0) is 11.5. The van der Waals surface area contributed by atoms with E-state index >= 15 is 0 Å². The van der Waals surface area contributed by atoms with Gasteiger partial charge in [0.2, 0.25) is 0 Å². The van der Waals surface area contributed by atoms with Crippen molar-refractivity contribution in [3.05, 3.63) is 24.3 Å². The first-order valence-electron chi connectivity index (χ1n) is 4.60. The van der Waals surface area contributed by atoms with Crippen LogP contribution in [0.25, 0.3) is 0 Å². The molecule has 0 bridgehead atoms. The summed E-state index contributed by atoms with van der Waals surface area (Å²) >= 11 is 0. The normalized spacial score (nSPS) is 13.5. The van der Waals surface area contributed by atoms with Gasteiger partial charge in [0.15, 0.2) is 9.84 Å². The molecule has 15 heavy (non-hydrogen) atoms. The third-order valence-corrected chi connectivity index (χ3v) is 4.39. The number of rotatable bonds is 4. The molecule has 0 saturated carbocycles. The molecule has 1 atom stereocenters. The van der Waals surface area contributed by atoms with E-state index in [2.05, 4.69) is 0 Å². The Morgan fingerprint density at radius 1 is 1.47 bits per heavy atom. The Labute approximate surface area is 90.0 Å². The number of benzene rings is 1. The highest BCUT2D eigenvalue weighted by Gasteiger charge is 2.22. The van der Waals surface area contributed by atoms with Gasteiger partial charge in [-0.25, -0.2) is 8.42 Å². The van der Waals surface area contributed by atoms with Crippen LogP contribution in [0.5, 0.6) is 5.75 Å². The highest BCUT2D eigenvalue weighted by atomic mass is 32.2. The fourth-order valence-electron chi connectivity index (χ4n) is 1.14. The summed E-state index contributed by atoms with van der Waals surface area (Å²) in [7, 11) is -1.83. The molecule has 0 aliphatic heterocycles. The van der Waals surface area contributed by atoms with Gasteiger partial charge in [0.25, 0.3) is 0 Å². The Morgan fingerprint density at radius 3 is 2.67 bits per heavy atom. The first-order chi connectivity index (χ1) is 7.02. The van der Waals surface area contributed by atoms with Crippen molar-refractivity contribution in [1.29, 1.82) is 0 Å². The zero-order valence-corrected chi connectivity index (χ0v) is 9.62. The lowest BCUT2D eigenvalue weighted by Gasteiger charge is -2.11. The van der Waals surface area contributed by atoms with E-state index in [0.29, 0.717) is 5.75 Å². The third-order valence-electron chi connectivity index (χ3n) is 2.23. The third kappa shape index (κ3) is 2.49. The average molecular weight is 229 g/mol. The summed E-state index contributed by atoms with van der Waals surface area (Å²) in [5, 5.41) is -0.579. The molecule has 0 heterocycles. The summed E-state index contributed by atoms with van der Waals surface area (Å²) in [5.74, 6) is 0.528. The Balaban J connectivity index is 3.16. The second-order valence-corrected chi connectivity index (χ2v) is 5.64. The smallest absolute Gasteiger partial charge is 0.182 e. The van der Waals surface area contributed by atoms with E-state index in [-0.39, 0.29) is 11.4 Å². The Morgan fingerprint density at radius 2 is 2.13 bits per heavy atom. The Kier molecular flexibility index (Phi) is 3.71. The number of sulfone groups is 1. The van der Waals surface area contributed by atoms with E-state index in [0.717, 1.165) is 0 Å². The maximum absolute atomic E-state index is 11.9. The van der Waals surface area contributed by atoms with E-state index < -0.39 is 15.1 Å². The van der Waals surface area contributed by atoms with Gasteiger partial charge < -0.3 is 10.5 Å². The highest BCUT2D eigenvalue weighted by Crippen LogP contribution is 2.20. The van der Waals surface area contributed by atoms with Crippen molar-refractivity contribution in [2.75, 3.05) is 13.7 Å². The number of hydrogen-bond acceptors (Lipinski definition) is 4. The number of ether oxygens (including phenoxy) is 1. The molecular weight excluding hydrogens is 214 g/mol. The molecule has 0 amide bonds. The van der Waals surface area contributed by atoms with Gasteiger partial charge in [0.1, 0.15) is 5.75 Å². The van der Waals surface area contributed by atoms with E-state index in [1.165, 1.54) is 13.2 Å². The van der Waals surface area contributed by atoms with Crippen LogP contribution in [0.3, 0.4) is 0 Å². The Hall–Kier alpha value is -1.07. The molecule has 1 aromatic rings. The van der Waals surface area contributed by atoms with Crippen LogP contribution in [-0.4, -0.2) is 27.3 Å². The van der Waals surface area contributed by atoms with Crippen LogP contribution in [0.2, 0.25) is 0 Å². The van der Waals surface area contributed by atoms with Gasteiger partial charge in [-0.2, -0.15) is 0 Å². The van der Waals surface area contributed by atoms with Crippen LogP contribution in [0.15, 0.2) is 29.2 Å². The van der Waals surface area contributed by atoms with Gasteiger partial charge in [-0.1, -0.05) is 6.07 Å². The van der Waals surface area contributed by atoms with Crippen molar-refractivity contribution in [1.82, 2.24) is 0 Å². The summed E-state index contributed by atoms with van der Waals surface area (Å²) in [5.41, 5.74) is 5.36. The fourth-order valence-corrected chi connectivity index (χ4v) is 2.40. The lowest BCUT2D eigenvalue weighted by molar-refractivity contribution is 0.413. The van der Waals surface area contributed by atoms with E-state index in [4.69, 9.17) is 10.5 Å². The zero-order valence-electron chi connectivity index (χ0n) is 8.80. The summed E-state index contributed by atoms with van der Waals surface area (Å²) < 4.78 is 28.8. The fraction of sp³-hybridized carbons (Fsp3) is 0.400. The van der Waals surface area contributed by atoms with Crippen molar-refractivity contribution < 1.29 is 13.2 Å². The van der Waals surface area contributed by atoms with Crippen molar-refractivity contribution in [3.8, 4) is 5.75 Å². The van der Waals surface area contributed by atoms with E-state index in [9.17, 15) is 8.42 Å². The number of nitrogens with two attached hydrogens (primary N) is 1. The number of hydrogen-bond donors (Lipinski definition) is 1. The van der Waals surface area contributed by atoms with Crippen LogP contribution in [-0.2, 0) is 9.84 Å². The quantitative estimate of drug-likeness (QED) is 0.829. The topological polar surface area (TPSA) is 69.4 Å². The molecule has 1 aromatic carbocycles. The minimum atomic E-state index is -3.33. The summed E-state index contributed by atoms with van der Waals surface area (Å²) in [6.07, 6.45) is 0. The standard InChI is InChI=1S/C10H15NO3S/c1-8(7-11)15(12,13)10-5-3-4-9(6-10)14-2/h3-6,8H,7,11H2,1-2H3. The predicted molar refractivity (Wildman–Crippen MR) is 58.7 cm³/mol. The van der Waals surface area contributed by atoms with Gasteiger partial charge in [-0.3, -0.25) is 0 Å². The van der Waals surface area contributed by atoms with E-state index in [1.807, 2.05) is 0 Å². The molecule has 2 N–H and O–H groups in total. The van der Waals surface area contributed by atoms with Crippen LogP contribution in [0, 0.1) is 0 Å². The van der Waals surface area contributed by atoms with Crippen molar-refractivity contribution in [2.24, 2.45) is 5.73 Å². The van der Waals surface area contributed by atoms with Crippen molar-refractivity contribution in [3.63, 3.8) is 0 Å². The molecule has 0 spiro atoms. The molecule has 0 radical (unpaired) electrons. The molecule has 5 heteroatoms. The highest BCUT2D eigenvalue weighted by molar-refractivity contribution is 7.92. The van der Waals surface area contributed by atoms with Gasteiger partial charge in [0.05, 0.1) is 17.3 Å². The molecule has 1 rings (SSSR count). The van der Waals surface area contributed by atoms with Gasteiger partial charge in [-0.15, -0.1) is 0 Å².